The molecule has 0 spiro atoms. The molecular weight excluding hydrogens is 348 g/mol. The van der Waals surface area contributed by atoms with Crippen LogP contribution < -0.4 is 4.90 Å². The van der Waals surface area contributed by atoms with Crippen LogP contribution >= 0.6 is 0 Å². The normalized spacial score (nSPS) is 15.8. The molecule has 1 fully saturated rings. The molecule has 25 heavy (non-hydrogen) atoms. The summed E-state index contributed by atoms with van der Waals surface area (Å²) < 4.78 is 53.2. The molecule has 130 valence electrons. The molecule has 0 aromatic heterocycles. The summed E-state index contributed by atoms with van der Waals surface area (Å²) in [6.07, 6.45) is 0. The third-order valence-electron chi connectivity index (χ3n) is 4.13. The van der Waals surface area contributed by atoms with Crippen molar-refractivity contribution in [2.24, 2.45) is 0 Å². The Labute approximate surface area is 144 Å². The molecular formula is C17H15F2N3O2S. The molecule has 0 atom stereocenters. The molecule has 0 aliphatic carbocycles. The van der Waals surface area contributed by atoms with E-state index in [0.717, 1.165) is 12.1 Å². The summed E-state index contributed by atoms with van der Waals surface area (Å²) in [4.78, 5) is 1.82. The van der Waals surface area contributed by atoms with Gasteiger partial charge >= 0.3 is 0 Å². The van der Waals surface area contributed by atoms with Crippen molar-refractivity contribution in [2.75, 3.05) is 31.1 Å². The molecule has 0 N–H and O–H groups in total. The Hall–Kier alpha value is -2.50. The molecule has 0 unspecified atom stereocenters. The first-order valence-corrected chi connectivity index (χ1v) is 9.07. The number of hydrogen-bond acceptors (Lipinski definition) is 4. The van der Waals surface area contributed by atoms with Gasteiger partial charge in [0, 0.05) is 26.2 Å². The van der Waals surface area contributed by atoms with Crippen LogP contribution in [0.3, 0.4) is 0 Å². The third kappa shape index (κ3) is 3.34. The molecule has 0 saturated carbocycles. The first kappa shape index (κ1) is 17.3. The Balaban J connectivity index is 1.77. The summed E-state index contributed by atoms with van der Waals surface area (Å²) in [6.45, 7) is 1.05. The fraction of sp³-hybridized carbons (Fsp3) is 0.235. The Morgan fingerprint density at radius 3 is 2.20 bits per heavy atom. The van der Waals surface area contributed by atoms with Crippen LogP contribution in [0.1, 0.15) is 5.56 Å². The van der Waals surface area contributed by atoms with Crippen molar-refractivity contribution in [1.29, 1.82) is 5.26 Å². The average Bonchev–Trinajstić information content (AvgIpc) is 2.62. The lowest BCUT2D eigenvalue weighted by atomic mass is 10.1. The van der Waals surface area contributed by atoms with Gasteiger partial charge in [-0.25, -0.2) is 17.2 Å². The number of piperazine rings is 1. The average molecular weight is 363 g/mol. The van der Waals surface area contributed by atoms with Crippen molar-refractivity contribution in [3.8, 4) is 6.07 Å². The maximum absolute atomic E-state index is 13.7. The summed E-state index contributed by atoms with van der Waals surface area (Å²) in [6, 6.07) is 10.9. The minimum Gasteiger partial charge on any atom is -0.368 e. The van der Waals surface area contributed by atoms with Crippen molar-refractivity contribution in [2.45, 2.75) is 4.90 Å². The summed E-state index contributed by atoms with van der Waals surface area (Å²) >= 11 is 0. The Kier molecular flexibility index (Phi) is 4.70. The predicted octanol–water partition coefficient (Wildman–Crippen LogP) is 2.35. The molecule has 1 aliphatic heterocycles. The van der Waals surface area contributed by atoms with Crippen LogP contribution in [0, 0.1) is 23.0 Å². The van der Waals surface area contributed by atoms with Crippen molar-refractivity contribution in [3.05, 3.63) is 59.7 Å². The Morgan fingerprint density at radius 2 is 1.60 bits per heavy atom. The first-order valence-electron chi connectivity index (χ1n) is 7.63. The summed E-state index contributed by atoms with van der Waals surface area (Å²) in [5, 5.41) is 9.13. The molecule has 2 aromatic carbocycles. The van der Waals surface area contributed by atoms with E-state index < -0.39 is 21.7 Å². The monoisotopic (exact) mass is 363 g/mol. The van der Waals surface area contributed by atoms with Gasteiger partial charge in [-0.1, -0.05) is 6.07 Å². The predicted molar refractivity (Wildman–Crippen MR) is 88.5 cm³/mol. The van der Waals surface area contributed by atoms with Gasteiger partial charge in [-0.3, -0.25) is 0 Å². The number of nitriles is 1. The Bertz CT molecular complexity index is 916. The number of rotatable bonds is 3. The van der Waals surface area contributed by atoms with Crippen LogP contribution in [-0.2, 0) is 10.0 Å². The number of anilines is 1. The second kappa shape index (κ2) is 6.78. The van der Waals surface area contributed by atoms with Crippen molar-refractivity contribution in [1.82, 2.24) is 4.31 Å². The highest BCUT2D eigenvalue weighted by Crippen LogP contribution is 2.25. The number of sulfonamides is 1. The highest BCUT2D eigenvalue weighted by atomic mass is 32.2. The van der Waals surface area contributed by atoms with E-state index in [9.17, 15) is 17.2 Å². The topological polar surface area (TPSA) is 64.4 Å². The minimum atomic E-state index is -3.71. The van der Waals surface area contributed by atoms with Crippen molar-refractivity contribution < 1.29 is 17.2 Å². The molecule has 1 heterocycles. The van der Waals surface area contributed by atoms with E-state index >= 15 is 0 Å². The number of hydrogen-bond donors (Lipinski definition) is 0. The smallest absolute Gasteiger partial charge is 0.243 e. The van der Waals surface area contributed by atoms with Gasteiger partial charge in [0.05, 0.1) is 10.6 Å². The van der Waals surface area contributed by atoms with Crippen LogP contribution in [0.2, 0.25) is 0 Å². The molecule has 5 nitrogen and oxygen atoms in total. The van der Waals surface area contributed by atoms with Crippen LogP contribution in [0.15, 0.2) is 47.4 Å². The molecule has 1 saturated heterocycles. The largest absolute Gasteiger partial charge is 0.368 e. The molecule has 3 rings (SSSR count). The quantitative estimate of drug-likeness (QED) is 0.840. The van der Waals surface area contributed by atoms with E-state index in [0.29, 0.717) is 18.8 Å². The molecule has 8 heteroatoms. The fourth-order valence-electron chi connectivity index (χ4n) is 2.81. The second-order valence-corrected chi connectivity index (χ2v) is 7.53. The van der Waals surface area contributed by atoms with E-state index in [1.807, 2.05) is 6.07 Å². The molecule has 0 radical (unpaired) electrons. The Morgan fingerprint density at radius 1 is 0.960 bits per heavy atom. The minimum absolute atomic E-state index is 0.0332. The third-order valence-corrected chi connectivity index (χ3v) is 6.05. The summed E-state index contributed by atoms with van der Waals surface area (Å²) in [5.74, 6) is -1.10. The van der Waals surface area contributed by atoms with Crippen LogP contribution in [0.5, 0.6) is 0 Å². The van der Waals surface area contributed by atoms with Crippen LogP contribution in [0.25, 0.3) is 0 Å². The van der Waals surface area contributed by atoms with Gasteiger partial charge in [0.25, 0.3) is 0 Å². The van der Waals surface area contributed by atoms with Gasteiger partial charge < -0.3 is 4.90 Å². The van der Waals surface area contributed by atoms with Gasteiger partial charge in [0.15, 0.2) is 0 Å². The lowest BCUT2D eigenvalue weighted by Crippen LogP contribution is -2.48. The van der Waals surface area contributed by atoms with Crippen molar-refractivity contribution >= 4 is 15.7 Å². The first-order chi connectivity index (χ1) is 11.9. The maximum Gasteiger partial charge on any atom is 0.243 e. The number of nitrogens with zero attached hydrogens (tertiary/aromatic N) is 3. The summed E-state index contributed by atoms with van der Waals surface area (Å²) in [7, 11) is -3.71. The van der Waals surface area contributed by atoms with E-state index in [-0.39, 0.29) is 23.5 Å². The lowest BCUT2D eigenvalue weighted by Gasteiger charge is -2.35. The number of benzene rings is 2. The standard InChI is InChI=1S/C17H15F2N3O2S/c18-13-4-6-14(7-5-13)25(23,24)22-10-8-21(9-11-22)17-3-1-2-16(19)15(17)12-20/h1-7H,8-11H2. The van der Waals surface area contributed by atoms with E-state index in [1.165, 1.54) is 28.6 Å². The summed E-state index contributed by atoms with van der Waals surface area (Å²) in [5.41, 5.74) is 0.415. The van der Waals surface area contributed by atoms with Gasteiger partial charge in [0.2, 0.25) is 10.0 Å². The number of halogens is 2. The zero-order valence-electron chi connectivity index (χ0n) is 13.2. The molecule has 2 aromatic rings. The van der Waals surface area contributed by atoms with E-state index in [2.05, 4.69) is 0 Å². The lowest BCUT2D eigenvalue weighted by molar-refractivity contribution is 0.384. The van der Waals surface area contributed by atoms with E-state index in [4.69, 9.17) is 5.26 Å². The second-order valence-electron chi connectivity index (χ2n) is 5.59. The van der Waals surface area contributed by atoms with Gasteiger partial charge in [0.1, 0.15) is 23.3 Å². The maximum atomic E-state index is 13.7. The van der Waals surface area contributed by atoms with E-state index in [1.54, 1.807) is 11.0 Å². The zero-order chi connectivity index (χ0) is 18.0. The van der Waals surface area contributed by atoms with Gasteiger partial charge in [-0.15, -0.1) is 0 Å². The van der Waals surface area contributed by atoms with Crippen molar-refractivity contribution in [3.63, 3.8) is 0 Å². The molecule has 0 amide bonds. The van der Waals surface area contributed by atoms with Gasteiger partial charge in [-0.2, -0.15) is 9.57 Å². The fourth-order valence-corrected chi connectivity index (χ4v) is 4.23. The van der Waals surface area contributed by atoms with Crippen LogP contribution in [-0.4, -0.2) is 38.9 Å². The SMILES string of the molecule is N#Cc1c(F)cccc1N1CCN(S(=O)(=O)c2ccc(F)cc2)CC1. The van der Waals surface area contributed by atoms with Gasteiger partial charge in [-0.05, 0) is 36.4 Å². The molecule has 1 aliphatic rings. The zero-order valence-corrected chi connectivity index (χ0v) is 14.0. The highest BCUT2D eigenvalue weighted by molar-refractivity contribution is 7.89. The highest BCUT2D eigenvalue weighted by Gasteiger charge is 2.29. The van der Waals surface area contributed by atoms with Crippen LogP contribution in [0.4, 0.5) is 14.5 Å². The molecule has 0 bridgehead atoms.